The first-order chi connectivity index (χ1) is 20.3. The lowest BCUT2D eigenvalue weighted by Crippen LogP contribution is -2.51. The van der Waals surface area contributed by atoms with Crippen molar-refractivity contribution in [2.24, 2.45) is 5.92 Å². The van der Waals surface area contributed by atoms with Crippen LogP contribution in [0.1, 0.15) is 31.8 Å². The number of nitro groups is 1. The number of hydrogen-bond acceptors (Lipinski definition) is 6. The number of amides is 1. The molecular weight excluding hydrogens is 537 g/mol. The van der Waals surface area contributed by atoms with Crippen molar-refractivity contribution in [3.63, 3.8) is 0 Å². The van der Waals surface area contributed by atoms with Crippen molar-refractivity contribution in [3.05, 3.63) is 141 Å². The summed E-state index contributed by atoms with van der Waals surface area (Å²) < 4.78 is 13.9. The summed E-state index contributed by atoms with van der Waals surface area (Å²) in [6.45, 7) is 0. The molecule has 3 aliphatic rings. The molecule has 0 aromatic heterocycles. The molecule has 4 atom stereocenters. The number of carbonyl (C=O) groups is 3. The van der Waals surface area contributed by atoms with Crippen LogP contribution in [0.3, 0.4) is 0 Å². The number of hydrogen-bond donors (Lipinski definition) is 1. The van der Waals surface area contributed by atoms with E-state index in [4.69, 9.17) is 0 Å². The lowest BCUT2D eigenvalue weighted by atomic mass is 9.64. The number of nitrogens with zero attached hydrogens (tertiary/aromatic N) is 2. The highest BCUT2D eigenvalue weighted by Gasteiger charge is 2.70. The molecule has 0 saturated carbocycles. The van der Waals surface area contributed by atoms with Gasteiger partial charge in [-0.05, 0) is 59.7 Å². The van der Waals surface area contributed by atoms with Crippen LogP contribution in [0.5, 0.6) is 0 Å². The molecule has 9 heteroatoms. The van der Waals surface area contributed by atoms with Crippen LogP contribution in [-0.4, -0.2) is 34.5 Å². The smallest absolute Gasteiger partial charge is 0.269 e. The molecular formula is C33H22FN3O5. The van der Waals surface area contributed by atoms with Crippen LogP contribution in [0.15, 0.2) is 103 Å². The Hall–Kier alpha value is -5.44. The number of anilines is 2. The SMILES string of the molecule is O=C(c1ccc([N+](=O)[O-])cc1)[C@@H]1[C@H](C(=O)c2ccc(F)cc2)[C@@]2(C(=O)Nc3ccccc32)[C@@H]2C=Cc3ccccc3N12. The van der Waals surface area contributed by atoms with Gasteiger partial charge in [-0.25, -0.2) is 4.39 Å². The van der Waals surface area contributed by atoms with Crippen molar-refractivity contribution in [3.8, 4) is 0 Å². The highest BCUT2D eigenvalue weighted by molar-refractivity contribution is 6.18. The van der Waals surface area contributed by atoms with E-state index in [9.17, 15) is 28.9 Å². The van der Waals surface area contributed by atoms with E-state index in [2.05, 4.69) is 5.32 Å². The van der Waals surface area contributed by atoms with Gasteiger partial charge in [-0.1, -0.05) is 48.6 Å². The quantitative estimate of drug-likeness (QED) is 0.194. The standard InChI is InChI=1S/C33H22FN3O5/c34-22-14-9-20(10-15-22)30(38)28-29(31(39)21-11-16-23(17-12-21)37(41)42)36-26-8-4-1-5-19(26)13-18-27(36)33(28)24-6-2-3-7-25(24)35-32(33)40/h1-18,27-29H,(H,35,40)/t27-,28+,29-,33-/m0/s1. The second-order valence-corrected chi connectivity index (χ2v) is 10.6. The fourth-order valence-corrected chi connectivity index (χ4v) is 6.83. The maximum atomic E-state index is 14.6. The van der Waals surface area contributed by atoms with Gasteiger partial charge in [0.25, 0.3) is 5.69 Å². The minimum atomic E-state index is -1.51. The Bertz CT molecular complexity index is 1840. The molecule has 3 heterocycles. The third-order valence-electron chi connectivity index (χ3n) is 8.58. The highest BCUT2D eigenvalue weighted by atomic mass is 19.1. The molecule has 0 radical (unpaired) electrons. The zero-order chi connectivity index (χ0) is 29.2. The third kappa shape index (κ3) is 3.49. The maximum Gasteiger partial charge on any atom is 0.269 e. The topological polar surface area (TPSA) is 110 Å². The third-order valence-corrected chi connectivity index (χ3v) is 8.58. The van der Waals surface area contributed by atoms with E-state index in [1.165, 1.54) is 48.5 Å². The summed E-state index contributed by atoms with van der Waals surface area (Å²) in [4.78, 5) is 56.1. The molecule has 1 spiro atoms. The molecule has 3 aliphatic heterocycles. The molecule has 206 valence electrons. The summed E-state index contributed by atoms with van der Waals surface area (Å²) in [5, 5.41) is 14.3. The van der Waals surface area contributed by atoms with E-state index in [1.807, 2.05) is 41.3 Å². The normalized spacial score (nSPS) is 23.2. The molecule has 7 rings (SSSR count). The van der Waals surface area contributed by atoms with Gasteiger partial charge < -0.3 is 10.2 Å². The van der Waals surface area contributed by atoms with Crippen LogP contribution in [0, 0.1) is 21.8 Å². The minimum absolute atomic E-state index is 0.163. The number of carbonyl (C=O) groups excluding carboxylic acids is 3. The Labute approximate surface area is 239 Å². The first kappa shape index (κ1) is 25.5. The Morgan fingerprint density at radius 2 is 1.50 bits per heavy atom. The summed E-state index contributed by atoms with van der Waals surface area (Å²) in [5.74, 6) is -3.11. The highest BCUT2D eigenvalue weighted by Crippen LogP contribution is 2.58. The van der Waals surface area contributed by atoms with Crippen molar-refractivity contribution in [2.75, 3.05) is 10.2 Å². The van der Waals surface area contributed by atoms with E-state index in [0.29, 0.717) is 16.9 Å². The van der Waals surface area contributed by atoms with Gasteiger partial charge >= 0.3 is 0 Å². The van der Waals surface area contributed by atoms with Crippen molar-refractivity contribution < 1.29 is 23.7 Å². The van der Waals surface area contributed by atoms with Crippen molar-refractivity contribution >= 4 is 40.6 Å². The maximum absolute atomic E-state index is 14.6. The predicted molar refractivity (Wildman–Crippen MR) is 154 cm³/mol. The largest absolute Gasteiger partial charge is 0.352 e. The number of para-hydroxylation sites is 2. The number of non-ortho nitro benzene ring substituents is 1. The van der Waals surface area contributed by atoms with Crippen LogP contribution in [0.2, 0.25) is 0 Å². The zero-order valence-electron chi connectivity index (χ0n) is 21.9. The molecule has 1 amide bonds. The zero-order valence-corrected chi connectivity index (χ0v) is 21.9. The van der Waals surface area contributed by atoms with Gasteiger partial charge in [-0.15, -0.1) is 0 Å². The molecule has 0 aliphatic carbocycles. The number of ketones is 2. The van der Waals surface area contributed by atoms with Crippen LogP contribution >= 0.6 is 0 Å². The molecule has 1 saturated heterocycles. The van der Waals surface area contributed by atoms with Gasteiger partial charge in [0.2, 0.25) is 5.91 Å². The summed E-state index contributed by atoms with van der Waals surface area (Å²) in [6, 6.07) is 23.0. The molecule has 1 fully saturated rings. The van der Waals surface area contributed by atoms with Crippen LogP contribution in [0.25, 0.3) is 6.08 Å². The summed E-state index contributed by atoms with van der Waals surface area (Å²) >= 11 is 0. The van der Waals surface area contributed by atoms with Crippen LogP contribution < -0.4 is 10.2 Å². The number of fused-ring (bicyclic) bond motifs is 6. The van der Waals surface area contributed by atoms with Crippen LogP contribution in [-0.2, 0) is 10.2 Å². The lowest BCUT2D eigenvalue weighted by molar-refractivity contribution is -0.384. The molecule has 42 heavy (non-hydrogen) atoms. The number of halogens is 1. The number of nitrogens with one attached hydrogen (secondary N) is 1. The fraction of sp³-hybridized carbons (Fsp3) is 0.121. The average molecular weight is 560 g/mol. The Balaban J connectivity index is 1.51. The number of Topliss-reactive ketones (excluding diaryl/α,β-unsaturated/α-hetero) is 2. The number of rotatable bonds is 5. The number of nitro benzene ring substituents is 1. The summed E-state index contributed by atoms with van der Waals surface area (Å²) in [6.07, 6.45) is 3.75. The van der Waals surface area contributed by atoms with Gasteiger partial charge in [0, 0.05) is 34.6 Å². The second-order valence-electron chi connectivity index (χ2n) is 10.6. The Kier molecular flexibility index (Phi) is 5.65. The second kappa shape index (κ2) is 9.31. The number of benzene rings is 4. The molecule has 1 N–H and O–H groups in total. The summed E-state index contributed by atoms with van der Waals surface area (Å²) in [7, 11) is 0. The minimum Gasteiger partial charge on any atom is -0.352 e. The van der Waals surface area contributed by atoms with Gasteiger partial charge in [-0.2, -0.15) is 0 Å². The fourth-order valence-electron chi connectivity index (χ4n) is 6.83. The molecule has 0 unspecified atom stereocenters. The van der Waals surface area contributed by atoms with Crippen molar-refractivity contribution in [2.45, 2.75) is 17.5 Å². The van der Waals surface area contributed by atoms with Gasteiger partial charge in [-0.3, -0.25) is 24.5 Å². The molecule has 4 aromatic carbocycles. The first-order valence-corrected chi connectivity index (χ1v) is 13.4. The predicted octanol–water partition coefficient (Wildman–Crippen LogP) is 5.59. The van der Waals surface area contributed by atoms with Crippen molar-refractivity contribution in [1.29, 1.82) is 0 Å². The van der Waals surface area contributed by atoms with E-state index in [0.717, 1.165) is 5.56 Å². The van der Waals surface area contributed by atoms with Gasteiger partial charge in [0.15, 0.2) is 11.6 Å². The first-order valence-electron chi connectivity index (χ1n) is 13.4. The molecule has 0 bridgehead atoms. The lowest BCUT2D eigenvalue weighted by Gasteiger charge is -2.37. The average Bonchev–Trinajstić information content (AvgIpc) is 3.49. The Morgan fingerprint density at radius 3 is 2.24 bits per heavy atom. The van der Waals surface area contributed by atoms with E-state index < -0.39 is 51.6 Å². The van der Waals surface area contributed by atoms with Gasteiger partial charge in [0.1, 0.15) is 17.3 Å². The van der Waals surface area contributed by atoms with Crippen molar-refractivity contribution in [1.82, 2.24) is 0 Å². The molecule has 4 aromatic rings. The summed E-state index contributed by atoms with van der Waals surface area (Å²) in [5.41, 5.74) is 1.27. The van der Waals surface area contributed by atoms with E-state index in [-0.39, 0.29) is 16.8 Å². The molecule has 8 nitrogen and oxygen atoms in total. The van der Waals surface area contributed by atoms with E-state index >= 15 is 0 Å². The van der Waals surface area contributed by atoms with Gasteiger partial charge in [0.05, 0.1) is 16.9 Å². The monoisotopic (exact) mass is 559 g/mol. The van der Waals surface area contributed by atoms with Crippen LogP contribution in [0.4, 0.5) is 21.5 Å². The van der Waals surface area contributed by atoms with E-state index in [1.54, 1.807) is 24.3 Å². The Morgan fingerprint density at radius 1 is 0.857 bits per heavy atom.